The molecule has 36 heavy (non-hydrogen) atoms. The Morgan fingerprint density at radius 2 is 1.92 bits per heavy atom. The van der Waals surface area contributed by atoms with E-state index in [-0.39, 0.29) is 23.9 Å². The number of hydrogen-bond acceptors (Lipinski definition) is 5. The first-order valence-electron chi connectivity index (χ1n) is 13.3. The zero-order valence-corrected chi connectivity index (χ0v) is 21.0. The van der Waals surface area contributed by atoms with Crippen molar-refractivity contribution in [1.29, 1.82) is 0 Å². The predicted molar refractivity (Wildman–Crippen MR) is 138 cm³/mol. The number of piperidine rings is 1. The summed E-state index contributed by atoms with van der Waals surface area (Å²) in [6, 6.07) is 11.0. The monoisotopic (exact) mass is 488 g/mol. The quantitative estimate of drug-likeness (QED) is 0.470. The molecule has 1 aliphatic carbocycles. The minimum Gasteiger partial charge on any atom is -0.351 e. The first kappa shape index (κ1) is 24.4. The Bertz CT molecular complexity index is 1190. The van der Waals surface area contributed by atoms with Crippen LogP contribution in [0.25, 0.3) is 5.65 Å². The molecule has 3 heterocycles. The van der Waals surface area contributed by atoms with Crippen LogP contribution in [0.3, 0.4) is 0 Å². The lowest BCUT2D eigenvalue weighted by Crippen LogP contribution is -2.50. The van der Waals surface area contributed by atoms with Crippen molar-refractivity contribution in [2.45, 2.75) is 70.5 Å². The van der Waals surface area contributed by atoms with Crippen LogP contribution < -0.4 is 16.0 Å². The number of benzene rings is 1. The number of nitrogens with one attached hydrogen (secondary N) is 3. The van der Waals surface area contributed by atoms with E-state index in [9.17, 15) is 9.59 Å². The topological polar surface area (TPSA) is 100 Å². The van der Waals surface area contributed by atoms with Crippen LogP contribution in [0.4, 0.5) is 0 Å². The standard InChI is InChI=1S/C28H36N6O2/c1-19-9-8-14-29-25(19)28(36)30-16-20-15-24-32-23(18-34(24)31-17-20)26(21-10-4-2-5-11-21)33-27(35)22-12-6-3-7-13-22/h3,6-7,12-13,15,17-19,21,25-26,29H,2,4-5,8-11,14,16H2,1H3,(H,30,36)(H,33,35)/t19-,25-,26-/m0/s1. The van der Waals surface area contributed by atoms with Gasteiger partial charge >= 0.3 is 0 Å². The van der Waals surface area contributed by atoms with Gasteiger partial charge in [-0.05, 0) is 67.8 Å². The molecular formula is C28H36N6O2. The van der Waals surface area contributed by atoms with E-state index in [1.807, 2.05) is 42.6 Å². The second-order valence-corrected chi connectivity index (χ2v) is 10.3. The minimum atomic E-state index is -0.165. The fourth-order valence-electron chi connectivity index (χ4n) is 5.60. The highest BCUT2D eigenvalue weighted by Crippen LogP contribution is 2.34. The van der Waals surface area contributed by atoms with E-state index in [4.69, 9.17) is 4.98 Å². The SMILES string of the molecule is C[C@H]1CCCN[C@@H]1C(=O)NCc1cnn2cc([C@@H](NC(=O)c3ccccc3)C3CCCCC3)nc2c1. The van der Waals surface area contributed by atoms with Crippen molar-refractivity contribution < 1.29 is 9.59 Å². The Kier molecular flexibility index (Phi) is 7.60. The number of fused-ring (bicyclic) bond motifs is 1. The van der Waals surface area contributed by atoms with Gasteiger partial charge in [0.2, 0.25) is 5.91 Å². The molecule has 3 aromatic rings. The summed E-state index contributed by atoms with van der Waals surface area (Å²) >= 11 is 0. The summed E-state index contributed by atoms with van der Waals surface area (Å²) in [5.74, 6) is 0.634. The van der Waals surface area contributed by atoms with Crippen LogP contribution in [0, 0.1) is 11.8 Å². The Hall–Kier alpha value is -3.26. The van der Waals surface area contributed by atoms with Gasteiger partial charge in [0.1, 0.15) is 0 Å². The molecule has 0 bridgehead atoms. The molecule has 1 saturated heterocycles. The van der Waals surface area contributed by atoms with E-state index in [2.05, 4.69) is 28.0 Å². The van der Waals surface area contributed by atoms with Crippen LogP contribution in [0.15, 0.2) is 48.8 Å². The number of aromatic nitrogens is 3. The lowest BCUT2D eigenvalue weighted by molar-refractivity contribution is -0.125. The van der Waals surface area contributed by atoms with Crippen molar-refractivity contribution in [3.63, 3.8) is 0 Å². The van der Waals surface area contributed by atoms with E-state index in [0.29, 0.717) is 23.9 Å². The van der Waals surface area contributed by atoms with Crippen molar-refractivity contribution in [3.8, 4) is 0 Å². The molecule has 8 nitrogen and oxygen atoms in total. The highest BCUT2D eigenvalue weighted by atomic mass is 16.2. The van der Waals surface area contributed by atoms with E-state index in [1.54, 1.807) is 10.7 Å². The van der Waals surface area contributed by atoms with Crippen molar-refractivity contribution in [1.82, 2.24) is 30.5 Å². The molecule has 2 aromatic heterocycles. The van der Waals surface area contributed by atoms with Crippen LogP contribution in [0.5, 0.6) is 0 Å². The normalized spacial score (nSPS) is 21.7. The van der Waals surface area contributed by atoms with Crippen LogP contribution in [0.2, 0.25) is 0 Å². The largest absolute Gasteiger partial charge is 0.351 e. The molecule has 1 saturated carbocycles. The third-order valence-electron chi connectivity index (χ3n) is 7.68. The molecule has 2 amide bonds. The average molecular weight is 489 g/mol. The fraction of sp³-hybridized carbons (Fsp3) is 0.500. The number of amides is 2. The molecule has 2 fully saturated rings. The number of carbonyl (C=O) groups excluding carboxylic acids is 2. The second-order valence-electron chi connectivity index (χ2n) is 10.3. The van der Waals surface area contributed by atoms with Gasteiger partial charge in [0.25, 0.3) is 5.91 Å². The van der Waals surface area contributed by atoms with E-state index in [0.717, 1.165) is 49.1 Å². The zero-order valence-electron chi connectivity index (χ0n) is 21.0. The maximum absolute atomic E-state index is 13.0. The molecule has 190 valence electrons. The van der Waals surface area contributed by atoms with Gasteiger partial charge in [-0.2, -0.15) is 5.10 Å². The van der Waals surface area contributed by atoms with E-state index >= 15 is 0 Å². The molecule has 3 atom stereocenters. The Morgan fingerprint density at radius 1 is 1.11 bits per heavy atom. The number of carbonyl (C=O) groups is 2. The third-order valence-corrected chi connectivity index (χ3v) is 7.68. The number of imidazole rings is 1. The van der Waals surface area contributed by atoms with E-state index in [1.165, 1.54) is 19.3 Å². The Morgan fingerprint density at radius 3 is 2.69 bits per heavy atom. The van der Waals surface area contributed by atoms with Gasteiger partial charge in [-0.1, -0.05) is 44.4 Å². The third kappa shape index (κ3) is 5.59. The Labute approximate surface area is 212 Å². The Balaban J connectivity index is 1.32. The molecule has 3 N–H and O–H groups in total. The fourth-order valence-corrected chi connectivity index (χ4v) is 5.60. The molecule has 1 aliphatic heterocycles. The lowest BCUT2D eigenvalue weighted by Gasteiger charge is -2.29. The van der Waals surface area contributed by atoms with E-state index < -0.39 is 0 Å². The number of rotatable bonds is 7. The summed E-state index contributed by atoms with van der Waals surface area (Å²) in [6.07, 6.45) is 11.6. The molecule has 0 unspecified atom stereocenters. The van der Waals surface area contributed by atoms with Crippen molar-refractivity contribution in [2.75, 3.05) is 6.54 Å². The molecular weight excluding hydrogens is 452 g/mol. The summed E-state index contributed by atoms with van der Waals surface area (Å²) < 4.78 is 1.76. The summed E-state index contributed by atoms with van der Waals surface area (Å²) in [6.45, 7) is 3.41. The summed E-state index contributed by atoms with van der Waals surface area (Å²) in [5.41, 5.74) is 3.11. The van der Waals surface area contributed by atoms with Gasteiger partial charge < -0.3 is 16.0 Å². The van der Waals surface area contributed by atoms with Gasteiger partial charge in [0.05, 0.1) is 30.2 Å². The van der Waals surface area contributed by atoms with Crippen LogP contribution in [-0.4, -0.2) is 39.0 Å². The van der Waals surface area contributed by atoms with Crippen LogP contribution in [-0.2, 0) is 11.3 Å². The molecule has 5 rings (SSSR count). The molecule has 0 spiro atoms. The van der Waals surface area contributed by atoms with Gasteiger partial charge in [-0.15, -0.1) is 0 Å². The number of hydrogen-bond donors (Lipinski definition) is 3. The molecule has 0 radical (unpaired) electrons. The summed E-state index contributed by atoms with van der Waals surface area (Å²) in [4.78, 5) is 30.6. The highest BCUT2D eigenvalue weighted by molar-refractivity contribution is 5.94. The van der Waals surface area contributed by atoms with Gasteiger partial charge in [-0.25, -0.2) is 9.50 Å². The van der Waals surface area contributed by atoms with Crippen molar-refractivity contribution >= 4 is 17.5 Å². The summed E-state index contributed by atoms with van der Waals surface area (Å²) in [7, 11) is 0. The van der Waals surface area contributed by atoms with Crippen molar-refractivity contribution in [3.05, 3.63) is 65.6 Å². The molecule has 2 aliphatic rings. The van der Waals surface area contributed by atoms with Gasteiger partial charge in [-0.3, -0.25) is 9.59 Å². The summed E-state index contributed by atoms with van der Waals surface area (Å²) in [5, 5.41) is 14.2. The van der Waals surface area contributed by atoms with Gasteiger partial charge in [0.15, 0.2) is 5.65 Å². The lowest BCUT2D eigenvalue weighted by atomic mass is 9.82. The van der Waals surface area contributed by atoms with Crippen LogP contribution >= 0.6 is 0 Å². The smallest absolute Gasteiger partial charge is 0.251 e. The number of nitrogens with zero attached hydrogens (tertiary/aromatic N) is 3. The first-order valence-corrected chi connectivity index (χ1v) is 13.3. The highest BCUT2D eigenvalue weighted by Gasteiger charge is 2.29. The minimum absolute atomic E-state index is 0.0343. The molecule has 8 heteroatoms. The van der Waals surface area contributed by atoms with Crippen molar-refractivity contribution in [2.24, 2.45) is 11.8 Å². The van der Waals surface area contributed by atoms with Crippen LogP contribution in [0.1, 0.15) is 79.5 Å². The first-order chi connectivity index (χ1) is 17.6. The zero-order chi connectivity index (χ0) is 24.9. The predicted octanol–water partition coefficient (Wildman–Crippen LogP) is 3.79. The van der Waals surface area contributed by atoms with Gasteiger partial charge in [0, 0.05) is 12.1 Å². The molecule has 1 aromatic carbocycles. The second kappa shape index (κ2) is 11.2. The maximum Gasteiger partial charge on any atom is 0.251 e. The maximum atomic E-state index is 13.0. The average Bonchev–Trinajstić information content (AvgIpc) is 3.34.